The first kappa shape index (κ1) is 24.6. The molecule has 2 nitrogen and oxygen atoms in total. The van der Waals surface area contributed by atoms with E-state index in [9.17, 15) is 4.79 Å². The van der Waals surface area contributed by atoms with E-state index in [2.05, 4.69) is 122 Å². The van der Waals surface area contributed by atoms with Gasteiger partial charge in [0.1, 0.15) is 0 Å². The van der Waals surface area contributed by atoms with Gasteiger partial charge in [-0.15, -0.1) is 0 Å². The Hall–Kier alpha value is -5.21. The fourth-order valence-corrected chi connectivity index (χ4v) is 6.94. The summed E-state index contributed by atoms with van der Waals surface area (Å²) in [6.45, 7) is 4.63. The van der Waals surface area contributed by atoms with Crippen LogP contribution in [0.25, 0.3) is 33.4 Å². The van der Waals surface area contributed by atoms with E-state index in [1.165, 1.54) is 33.4 Å². The van der Waals surface area contributed by atoms with E-state index in [0.29, 0.717) is 0 Å². The third-order valence-electron chi connectivity index (χ3n) is 9.03. The molecule has 0 unspecified atom stereocenters. The largest absolute Gasteiger partial charge is 0.310 e. The van der Waals surface area contributed by atoms with Gasteiger partial charge in [0.2, 0.25) is 0 Å². The van der Waals surface area contributed by atoms with E-state index in [1.807, 2.05) is 36.4 Å². The van der Waals surface area contributed by atoms with Gasteiger partial charge in [-0.25, -0.2) is 0 Å². The minimum atomic E-state index is -0.119. The number of fused-ring (bicyclic) bond motifs is 6. The molecule has 0 amide bonds. The Morgan fingerprint density at radius 2 is 1.07 bits per heavy atom. The monoisotopic (exact) mass is 539 g/mol. The number of hydrogen-bond acceptors (Lipinski definition) is 2. The van der Waals surface area contributed by atoms with Gasteiger partial charge in [-0.1, -0.05) is 123 Å². The molecular weight excluding hydrogens is 510 g/mol. The Bertz CT molecular complexity index is 2020. The smallest absolute Gasteiger partial charge is 0.194 e. The Kier molecular flexibility index (Phi) is 5.36. The second kappa shape index (κ2) is 9.15. The first-order chi connectivity index (χ1) is 20.5. The zero-order valence-corrected chi connectivity index (χ0v) is 23.6. The molecule has 0 aromatic heterocycles. The molecule has 0 aliphatic heterocycles. The standard InChI is InChI=1S/C40H29NO/c1-40(2)35-17-9-8-13-30(35)31-24-23-29(25-36(31)40)41(28-21-19-27(20-22-28)26-11-4-3-5-12-26)37-18-10-16-34-38(37)32-14-6-7-15-33(32)39(34)42/h3-25H,1-2H3. The van der Waals surface area contributed by atoms with Gasteiger partial charge in [0.05, 0.1) is 5.69 Å². The van der Waals surface area contributed by atoms with Gasteiger partial charge in [0.25, 0.3) is 0 Å². The van der Waals surface area contributed by atoms with E-state index in [0.717, 1.165) is 39.3 Å². The molecule has 42 heavy (non-hydrogen) atoms. The van der Waals surface area contributed by atoms with Crippen LogP contribution in [0, 0.1) is 0 Å². The Labute approximate surface area is 246 Å². The average molecular weight is 540 g/mol. The molecule has 200 valence electrons. The average Bonchev–Trinajstić information content (AvgIpc) is 3.46. The maximum Gasteiger partial charge on any atom is 0.194 e. The number of anilines is 3. The fourth-order valence-electron chi connectivity index (χ4n) is 6.94. The summed E-state index contributed by atoms with van der Waals surface area (Å²) in [5, 5.41) is 0. The van der Waals surface area contributed by atoms with Crippen molar-refractivity contribution in [2.45, 2.75) is 19.3 Å². The highest BCUT2D eigenvalue weighted by Crippen LogP contribution is 2.52. The highest BCUT2D eigenvalue weighted by molar-refractivity contribution is 6.24. The Balaban J connectivity index is 1.35. The summed E-state index contributed by atoms with van der Waals surface area (Å²) in [5.74, 6) is 0.0901. The van der Waals surface area contributed by atoms with E-state index in [4.69, 9.17) is 0 Å². The van der Waals surface area contributed by atoms with E-state index in [1.54, 1.807) is 0 Å². The number of benzene rings is 6. The van der Waals surface area contributed by atoms with Crippen LogP contribution in [0.2, 0.25) is 0 Å². The minimum absolute atomic E-state index is 0.0901. The second-order valence-corrected chi connectivity index (χ2v) is 11.7. The molecular formula is C40H29NO. The van der Waals surface area contributed by atoms with Crippen molar-refractivity contribution < 1.29 is 4.79 Å². The molecule has 0 heterocycles. The minimum Gasteiger partial charge on any atom is -0.310 e. The lowest BCUT2D eigenvalue weighted by atomic mass is 9.82. The maximum atomic E-state index is 13.5. The summed E-state index contributed by atoms with van der Waals surface area (Å²) < 4.78 is 0. The number of ketones is 1. The summed E-state index contributed by atoms with van der Waals surface area (Å²) in [6, 6.07) is 48.9. The first-order valence-electron chi connectivity index (χ1n) is 14.5. The van der Waals surface area contributed by atoms with Gasteiger partial charge in [-0.05, 0) is 69.3 Å². The summed E-state index contributed by atoms with van der Waals surface area (Å²) in [5.41, 5.74) is 14.2. The van der Waals surface area contributed by atoms with Crippen molar-refractivity contribution in [2.24, 2.45) is 0 Å². The maximum absolute atomic E-state index is 13.5. The lowest BCUT2D eigenvalue weighted by molar-refractivity contribution is 0.104. The van der Waals surface area contributed by atoms with E-state index >= 15 is 0 Å². The molecule has 0 saturated heterocycles. The molecule has 0 spiro atoms. The second-order valence-electron chi connectivity index (χ2n) is 11.7. The van der Waals surface area contributed by atoms with Crippen LogP contribution in [0.3, 0.4) is 0 Å². The molecule has 2 heteroatoms. The third-order valence-corrected chi connectivity index (χ3v) is 9.03. The van der Waals surface area contributed by atoms with Crippen LogP contribution in [0.15, 0.2) is 140 Å². The van der Waals surface area contributed by atoms with Crippen LogP contribution in [0.4, 0.5) is 17.1 Å². The highest BCUT2D eigenvalue weighted by Gasteiger charge is 2.36. The Morgan fingerprint density at radius 3 is 1.86 bits per heavy atom. The molecule has 2 aliphatic rings. The zero-order valence-electron chi connectivity index (χ0n) is 23.6. The molecule has 0 saturated carbocycles. The van der Waals surface area contributed by atoms with Gasteiger partial charge in [-0.3, -0.25) is 4.79 Å². The van der Waals surface area contributed by atoms with E-state index in [-0.39, 0.29) is 11.2 Å². The molecule has 0 bridgehead atoms. The lowest BCUT2D eigenvalue weighted by Gasteiger charge is -2.30. The normalized spacial score (nSPS) is 13.7. The summed E-state index contributed by atoms with van der Waals surface area (Å²) >= 11 is 0. The quantitative estimate of drug-likeness (QED) is 0.222. The molecule has 0 radical (unpaired) electrons. The van der Waals surface area contributed by atoms with Crippen LogP contribution in [0.5, 0.6) is 0 Å². The number of nitrogens with zero attached hydrogens (tertiary/aromatic N) is 1. The van der Waals surface area contributed by atoms with Gasteiger partial charge in [0, 0.05) is 33.5 Å². The van der Waals surface area contributed by atoms with Crippen molar-refractivity contribution >= 4 is 22.8 Å². The van der Waals surface area contributed by atoms with Crippen molar-refractivity contribution in [3.63, 3.8) is 0 Å². The predicted octanol–water partition coefficient (Wildman–Crippen LogP) is 10.3. The topological polar surface area (TPSA) is 20.3 Å². The highest BCUT2D eigenvalue weighted by atomic mass is 16.1. The van der Waals surface area contributed by atoms with Crippen molar-refractivity contribution in [3.8, 4) is 33.4 Å². The molecule has 0 atom stereocenters. The van der Waals surface area contributed by atoms with Gasteiger partial charge >= 0.3 is 0 Å². The Morgan fingerprint density at radius 1 is 0.476 bits per heavy atom. The SMILES string of the molecule is CC1(C)c2ccccc2-c2ccc(N(c3ccc(-c4ccccc4)cc3)c3cccc4c3-c3ccccc3C4=O)cc21. The predicted molar refractivity (Wildman–Crippen MR) is 173 cm³/mol. The molecule has 6 aromatic rings. The van der Waals surface area contributed by atoms with Crippen LogP contribution >= 0.6 is 0 Å². The van der Waals surface area contributed by atoms with Gasteiger partial charge in [-0.2, -0.15) is 0 Å². The summed E-state index contributed by atoms with van der Waals surface area (Å²) in [4.78, 5) is 15.8. The van der Waals surface area contributed by atoms with Crippen molar-refractivity contribution in [1.29, 1.82) is 0 Å². The number of carbonyl (C=O) groups is 1. The number of hydrogen-bond donors (Lipinski definition) is 0. The zero-order chi connectivity index (χ0) is 28.4. The molecule has 0 fully saturated rings. The van der Waals surface area contributed by atoms with Crippen molar-refractivity contribution in [1.82, 2.24) is 0 Å². The van der Waals surface area contributed by atoms with E-state index < -0.39 is 0 Å². The number of carbonyl (C=O) groups excluding carboxylic acids is 1. The van der Waals surface area contributed by atoms with Gasteiger partial charge < -0.3 is 4.90 Å². The van der Waals surface area contributed by atoms with Crippen LogP contribution in [-0.4, -0.2) is 5.78 Å². The summed E-state index contributed by atoms with van der Waals surface area (Å²) in [6.07, 6.45) is 0. The fraction of sp³-hybridized carbons (Fsp3) is 0.0750. The molecule has 0 N–H and O–H groups in total. The van der Waals surface area contributed by atoms with Crippen LogP contribution < -0.4 is 4.90 Å². The third kappa shape index (κ3) is 3.55. The van der Waals surface area contributed by atoms with Gasteiger partial charge in [0.15, 0.2) is 5.78 Å². The lowest BCUT2D eigenvalue weighted by Crippen LogP contribution is -2.17. The molecule has 2 aliphatic carbocycles. The first-order valence-corrected chi connectivity index (χ1v) is 14.5. The van der Waals surface area contributed by atoms with Crippen molar-refractivity contribution in [2.75, 3.05) is 4.90 Å². The van der Waals surface area contributed by atoms with Crippen molar-refractivity contribution in [3.05, 3.63) is 162 Å². The van der Waals surface area contributed by atoms with Crippen LogP contribution in [-0.2, 0) is 5.41 Å². The van der Waals surface area contributed by atoms with Crippen LogP contribution in [0.1, 0.15) is 40.9 Å². The number of rotatable bonds is 4. The molecule has 6 aromatic carbocycles. The molecule has 8 rings (SSSR count). The summed E-state index contributed by atoms with van der Waals surface area (Å²) in [7, 11) is 0.